The normalized spacial score (nSPS) is 10.5. The summed E-state index contributed by atoms with van der Waals surface area (Å²) in [6.07, 6.45) is 2.87. The molecule has 1 aromatic rings. The van der Waals surface area contributed by atoms with Crippen molar-refractivity contribution in [2.45, 2.75) is 26.2 Å². The first-order chi connectivity index (χ1) is 9.15. The Hall–Kier alpha value is -1.55. The fraction of sp³-hybridized carbons (Fsp3) is 0.533. The molecule has 0 fully saturated rings. The Morgan fingerprint density at radius 2 is 2.16 bits per heavy atom. The average Bonchev–Trinajstić information content (AvgIpc) is 2.43. The van der Waals surface area contributed by atoms with Gasteiger partial charge in [-0.1, -0.05) is 19.4 Å². The number of nitrogens with zero attached hydrogens (tertiary/aromatic N) is 1. The lowest BCUT2D eigenvalue weighted by molar-refractivity contribution is -0.116. The van der Waals surface area contributed by atoms with E-state index in [9.17, 15) is 4.79 Å². The number of benzene rings is 1. The number of anilines is 1. The summed E-state index contributed by atoms with van der Waals surface area (Å²) in [4.78, 5) is 14.0. The van der Waals surface area contributed by atoms with Crippen LogP contribution in [-0.2, 0) is 4.79 Å². The van der Waals surface area contributed by atoms with E-state index < -0.39 is 0 Å². The largest absolute Gasteiger partial charge is 0.497 e. The first-order valence-corrected chi connectivity index (χ1v) is 6.78. The molecule has 19 heavy (non-hydrogen) atoms. The van der Waals surface area contributed by atoms with Crippen LogP contribution in [0.3, 0.4) is 0 Å². The molecule has 0 heterocycles. The molecule has 0 radical (unpaired) electrons. The highest BCUT2D eigenvalue weighted by Gasteiger charge is 2.05. The molecular formula is C15H24N2O2. The zero-order valence-corrected chi connectivity index (χ0v) is 12.1. The third-order valence-electron chi connectivity index (χ3n) is 2.97. The van der Waals surface area contributed by atoms with Crippen LogP contribution in [0.2, 0.25) is 0 Å². The standard InChI is InChI=1S/C15H24N2O2/c1-4-5-10-17(2)11-9-15(18)16-13-7-6-8-14(12-13)19-3/h6-8,12H,4-5,9-11H2,1-3H3,(H,16,18). The van der Waals surface area contributed by atoms with E-state index in [0.29, 0.717) is 6.42 Å². The molecule has 106 valence electrons. The lowest BCUT2D eigenvalue weighted by Gasteiger charge is -2.15. The Labute approximate surface area is 115 Å². The molecule has 4 nitrogen and oxygen atoms in total. The fourth-order valence-corrected chi connectivity index (χ4v) is 1.76. The fourth-order valence-electron chi connectivity index (χ4n) is 1.76. The first kappa shape index (κ1) is 15.5. The summed E-state index contributed by atoms with van der Waals surface area (Å²) < 4.78 is 5.12. The van der Waals surface area contributed by atoms with Crippen LogP contribution < -0.4 is 10.1 Å². The monoisotopic (exact) mass is 264 g/mol. The Morgan fingerprint density at radius 3 is 2.84 bits per heavy atom. The maximum Gasteiger partial charge on any atom is 0.225 e. The van der Waals surface area contributed by atoms with Crippen LogP contribution in [0.5, 0.6) is 5.75 Å². The molecule has 1 amide bonds. The predicted molar refractivity (Wildman–Crippen MR) is 78.6 cm³/mol. The van der Waals surface area contributed by atoms with Gasteiger partial charge in [0.25, 0.3) is 0 Å². The number of hydrogen-bond acceptors (Lipinski definition) is 3. The SMILES string of the molecule is CCCCN(C)CCC(=O)Nc1cccc(OC)c1. The number of ether oxygens (including phenoxy) is 1. The smallest absolute Gasteiger partial charge is 0.225 e. The molecule has 0 aliphatic rings. The lowest BCUT2D eigenvalue weighted by atomic mass is 10.2. The molecule has 0 atom stereocenters. The number of carbonyl (C=O) groups is 1. The van der Waals surface area contributed by atoms with Gasteiger partial charge in [-0.3, -0.25) is 4.79 Å². The van der Waals surface area contributed by atoms with Crippen molar-refractivity contribution < 1.29 is 9.53 Å². The number of hydrogen-bond donors (Lipinski definition) is 1. The lowest BCUT2D eigenvalue weighted by Crippen LogP contribution is -2.25. The second-order valence-electron chi connectivity index (χ2n) is 4.69. The zero-order chi connectivity index (χ0) is 14.1. The number of carbonyl (C=O) groups excluding carboxylic acids is 1. The molecule has 1 aromatic carbocycles. The molecule has 0 aliphatic heterocycles. The molecule has 1 rings (SSSR count). The van der Waals surface area contributed by atoms with Crippen molar-refractivity contribution in [1.29, 1.82) is 0 Å². The van der Waals surface area contributed by atoms with Crippen molar-refractivity contribution >= 4 is 11.6 Å². The Morgan fingerprint density at radius 1 is 1.37 bits per heavy atom. The van der Waals surface area contributed by atoms with Crippen molar-refractivity contribution in [2.24, 2.45) is 0 Å². The zero-order valence-electron chi connectivity index (χ0n) is 12.1. The molecule has 0 aliphatic carbocycles. The van der Waals surface area contributed by atoms with Crippen LogP contribution in [0.15, 0.2) is 24.3 Å². The van der Waals surface area contributed by atoms with E-state index in [1.807, 2.05) is 24.3 Å². The van der Waals surface area contributed by atoms with Crippen molar-refractivity contribution in [2.75, 3.05) is 32.6 Å². The summed E-state index contributed by atoms with van der Waals surface area (Å²) in [5.74, 6) is 0.787. The van der Waals surface area contributed by atoms with Gasteiger partial charge in [-0.2, -0.15) is 0 Å². The summed E-state index contributed by atoms with van der Waals surface area (Å²) in [5, 5.41) is 2.88. The van der Waals surface area contributed by atoms with E-state index in [2.05, 4.69) is 24.2 Å². The van der Waals surface area contributed by atoms with Gasteiger partial charge in [0, 0.05) is 24.7 Å². The average molecular weight is 264 g/mol. The van der Waals surface area contributed by atoms with Crippen LogP contribution in [0, 0.1) is 0 Å². The van der Waals surface area contributed by atoms with Crippen LogP contribution in [0.4, 0.5) is 5.69 Å². The van der Waals surface area contributed by atoms with E-state index in [1.165, 1.54) is 12.8 Å². The highest BCUT2D eigenvalue weighted by Crippen LogP contribution is 2.16. The first-order valence-electron chi connectivity index (χ1n) is 6.78. The van der Waals surface area contributed by atoms with Gasteiger partial charge in [-0.05, 0) is 32.1 Å². The van der Waals surface area contributed by atoms with Crippen molar-refractivity contribution in [3.8, 4) is 5.75 Å². The summed E-state index contributed by atoms with van der Waals surface area (Å²) in [6.45, 7) is 4.00. The van der Waals surface area contributed by atoms with Gasteiger partial charge in [0.2, 0.25) is 5.91 Å². The topological polar surface area (TPSA) is 41.6 Å². The Kier molecular flexibility index (Phi) is 6.97. The van der Waals surface area contributed by atoms with Crippen LogP contribution >= 0.6 is 0 Å². The van der Waals surface area contributed by atoms with Crippen molar-refractivity contribution in [1.82, 2.24) is 4.90 Å². The van der Waals surface area contributed by atoms with Crippen LogP contribution in [-0.4, -0.2) is 38.1 Å². The summed E-state index contributed by atoms with van der Waals surface area (Å²) >= 11 is 0. The van der Waals surface area contributed by atoms with E-state index >= 15 is 0 Å². The van der Waals surface area contributed by atoms with Gasteiger partial charge < -0.3 is 15.0 Å². The minimum Gasteiger partial charge on any atom is -0.497 e. The van der Waals surface area contributed by atoms with Crippen LogP contribution in [0.1, 0.15) is 26.2 Å². The minimum absolute atomic E-state index is 0.0385. The van der Waals surface area contributed by atoms with E-state index in [4.69, 9.17) is 4.74 Å². The highest BCUT2D eigenvalue weighted by molar-refractivity contribution is 5.90. The highest BCUT2D eigenvalue weighted by atomic mass is 16.5. The second-order valence-corrected chi connectivity index (χ2v) is 4.69. The Bertz CT molecular complexity index is 393. The van der Waals surface area contributed by atoms with Crippen LogP contribution in [0.25, 0.3) is 0 Å². The maximum atomic E-state index is 11.8. The minimum atomic E-state index is 0.0385. The molecule has 4 heteroatoms. The summed E-state index contributed by atoms with van der Waals surface area (Å²) in [7, 11) is 3.66. The molecule has 0 saturated carbocycles. The third-order valence-corrected chi connectivity index (χ3v) is 2.97. The molecule has 0 aromatic heterocycles. The molecule has 0 spiro atoms. The van der Waals surface area contributed by atoms with Gasteiger partial charge in [0.15, 0.2) is 0 Å². The number of nitrogens with one attached hydrogen (secondary N) is 1. The van der Waals surface area contributed by atoms with Gasteiger partial charge in [0.05, 0.1) is 7.11 Å². The van der Waals surface area contributed by atoms with Crippen molar-refractivity contribution in [3.05, 3.63) is 24.3 Å². The number of amides is 1. The van der Waals surface area contributed by atoms with Gasteiger partial charge in [-0.15, -0.1) is 0 Å². The second kappa shape index (κ2) is 8.53. The third kappa shape index (κ3) is 6.25. The van der Waals surface area contributed by atoms with Gasteiger partial charge >= 0.3 is 0 Å². The summed E-state index contributed by atoms with van der Waals surface area (Å²) in [5.41, 5.74) is 0.778. The molecule has 0 unspecified atom stereocenters. The number of rotatable bonds is 8. The van der Waals surface area contributed by atoms with Gasteiger partial charge in [0.1, 0.15) is 5.75 Å². The quantitative estimate of drug-likeness (QED) is 0.785. The van der Waals surface area contributed by atoms with Gasteiger partial charge in [-0.25, -0.2) is 0 Å². The number of unbranched alkanes of at least 4 members (excludes halogenated alkanes) is 1. The molecule has 0 bridgehead atoms. The Balaban J connectivity index is 2.34. The van der Waals surface area contributed by atoms with E-state index in [1.54, 1.807) is 7.11 Å². The summed E-state index contributed by atoms with van der Waals surface area (Å²) in [6, 6.07) is 7.40. The molecular weight excluding hydrogens is 240 g/mol. The van der Waals surface area contributed by atoms with Crippen molar-refractivity contribution in [3.63, 3.8) is 0 Å². The maximum absolute atomic E-state index is 11.8. The van der Waals surface area contributed by atoms with E-state index in [0.717, 1.165) is 24.5 Å². The number of methoxy groups -OCH3 is 1. The van der Waals surface area contributed by atoms with E-state index in [-0.39, 0.29) is 5.91 Å². The molecule has 1 N–H and O–H groups in total. The predicted octanol–water partition coefficient (Wildman–Crippen LogP) is 2.76. The molecule has 0 saturated heterocycles.